The highest BCUT2D eigenvalue weighted by Gasteiger charge is 2.58. The van der Waals surface area contributed by atoms with Gasteiger partial charge in [-0.05, 0) is 104 Å². The van der Waals surface area contributed by atoms with Gasteiger partial charge in [-0.25, -0.2) is 9.78 Å². The smallest absolute Gasteiger partial charge is 0.410 e. The maximum atomic E-state index is 14.3. The Morgan fingerprint density at radius 2 is 1.82 bits per heavy atom. The lowest BCUT2D eigenvalue weighted by atomic mass is 9.79. The molecule has 61 heavy (non-hydrogen) atoms. The van der Waals surface area contributed by atoms with E-state index in [0.29, 0.717) is 57.4 Å². The number of fused-ring (bicyclic) bond motifs is 2. The molecule has 1 amide bonds. The van der Waals surface area contributed by atoms with Crippen LogP contribution in [0.3, 0.4) is 0 Å². The number of ether oxygens (including phenoxy) is 4. The van der Waals surface area contributed by atoms with Gasteiger partial charge in [0.25, 0.3) is 0 Å². The van der Waals surface area contributed by atoms with Gasteiger partial charge < -0.3 is 39.1 Å². The number of aryl methyl sites for hydroxylation is 1. The van der Waals surface area contributed by atoms with Crippen molar-refractivity contribution in [3.63, 3.8) is 0 Å². The van der Waals surface area contributed by atoms with E-state index in [4.69, 9.17) is 23.9 Å². The number of amides is 1. The molecule has 1 aromatic carbocycles. The topological polar surface area (TPSA) is 188 Å². The molecule has 0 saturated carbocycles. The molecular weight excluding hydrogens is 803 g/mol. The number of para-hydroxylation sites is 1. The van der Waals surface area contributed by atoms with Gasteiger partial charge in [0.15, 0.2) is 17.7 Å². The summed E-state index contributed by atoms with van der Waals surface area (Å²) in [6.45, 7) is 14.4. The highest BCUT2D eigenvalue weighted by molar-refractivity contribution is 7.21. The minimum absolute atomic E-state index is 0.0121. The number of esters is 1. The van der Waals surface area contributed by atoms with Crippen LogP contribution in [-0.4, -0.2) is 141 Å². The molecule has 6 rings (SSSR count). The first-order valence-electron chi connectivity index (χ1n) is 21.9. The molecule has 3 aliphatic heterocycles. The maximum Gasteiger partial charge on any atom is 0.410 e. The number of likely N-dealkylation sites (N-methyl/N-ethyl adjacent to an activating group) is 1. The Morgan fingerprint density at radius 3 is 2.52 bits per heavy atom. The Morgan fingerprint density at radius 1 is 1.08 bits per heavy atom. The van der Waals surface area contributed by atoms with Gasteiger partial charge in [0.1, 0.15) is 35.1 Å². The van der Waals surface area contributed by atoms with Crippen molar-refractivity contribution in [3.05, 3.63) is 30.5 Å². The van der Waals surface area contributed by atoms with Crippen molar-refractivity contribution in [1.29, 1.82) is 0 Å². The van der Waals surface area contributed by atoms with Crippen molar-refractivity contribution in [1.82, 2.24) is 35.1 Å². The van der Waals surface area contributed by atoms with E-state index in [2.05, 4.69) is 22.6 Å². The number of nitrogens with one attached hydrogen (secondary N) is 1. The molecule has 336 valence electrons. The fraction of sp³-hybridized carbons (Fsp3) is 0.705. The fourth-order valence-corrected chi connectivity index (χ4v) is 10.5. The van der Waals surface area contributed by atoms with Crippen molar-refractivity contribution in [2.24, 2.45) is 23.7 Å². The molecule has 17 heteroatoms. The van der Waals surface area contributed by atoms with Crippen molar-refractivity contribution in [2.45, 2.75) is 148 Å². The van der Waals surface area contributed by atoms with Crippen LogP contribution in [0.15, 0.2) is 30.5 Å². The van der Waals surface area contributed by atoms with Crippen LogP contribution >= 0.6 is 11.3 Å². The van der Waals surface area contributed by atoms with Crippen molar-refractivity contribution >= 4 is 45.7 Å². The average molecular weight is 868 g/mol. The lowest BCUT2D eigenvalue weighted by molar-refractivity contribution is -0.278. The van der Waals surface area contributed by atoms with Gasteiger partial charge >= 0.3 is 12.1 Å². The summed E-state index contributed by atoms with van der Waals surface area (Å²) < 4.78 is 28.0. The minimum atomic E-state index is -1.25. The summed E-state index contributed by atoms with van der Waals surface area (Å²) in [6.07, 6.45) is 1.10. The summed E-state index contributed by atoms with van der Waals surface area (Å²) in [5, 5.41) is 24.6. The van der Waals surface area contributed by atoms with E-state index in [0.717, 1.165) is 21.5 Å². The first kappa shape index (κ1) is 46.6. The van der Waals surface area contributed by atoms with Crippen LogP contribution in [0.2, 0.25) is 0 Å². The van der Waals surface area contributed by atoms with Gasteiger partial charge in [-0.2, -0.15) is 0 Å². The number of Topliss-reactive ketones (excluding diaryl/α,β-unsaturated/α-hetero) is 1. The second kappa shape index (κ2) is 20.1. The molecule has 0 radical (unpaired) electrons. The van der Waals surface area contributed by atoms with Gasteiger partial charge in [-0.1, -0.05) is 38.1 Å². The molecule has 3 aliphatic rings. The van der Waals surface area contributed by atoms with Crippen LogP contribution in [0, 0.1) is 23.7 Å². The summed E-state index contributed by atoms with van der Waals surface area (Å²) in [5.41, 5.74) is 0.385. The third-order valence-electron chi connectivity index (χ3n) is 12.9. The predicted molar refractivity (Wildman–Crippen MR) is 229 cm³/mol. The number of benzene rings is 1. The molecule has 2 aromatic heterocycles. The number of hydrogen-bond donors (Lipinski definition) is 2. The number of unbranched alkanes of at least 4 members (excludes halogenated alkanes) is 1. The van der Waals surface area contributed by atoms with E-state index in [1.807, 2.05) is 77.2 Å². The van der Waals surface area contributed by atoms with Gasteiger partial charge in [-0.15, -0.1) is 16.4 Å². The summed E-state index contributed by atoms with van der Waals surface area (Å²) in [5.74, 6) is -3.65. The first-order valence-corrected chi connectivity index (χ1v) is 22.7. The maximum absolute atomic E-state index is 14.3. The number of carbonyl (C=O) groups is 4. The molecule has 0 aliphatic carbocycles. The Bertz CT molecular complexity index is 1940. The molecule has 0 bridgehead atoms. The van der Waals surface area contributed by atoms with Crippen LogP contribution in [-0.2, 0) is 39.9 Å². The first-order chi connectivity index (χ1) is 29.1. The molecule has 0 spiro atoms. The van der Waals surface area contributed by atoms with E-state index < -0.39 is 71.8 Å². The van der Waals surface area contributed by atoms with Gasteiger partial charge in [0.2, 0.25) is 0 Å². The monoisotopic (exact) mass is 867 g/mol. The molecule has 5 heterocycles. The van der Waals surface area contributed by atoms with Crippen molar-refractivity contribution in [2.75, 3.05) is 27.2 Å². The zero-order chi connectivity index (χ0) is 44.2. The van der Waals surface area contributed by atoms with E-state index in [-0.39, 0.29) is 30.5 Å². The summed E-state index contributed by atoms with van der Waals surface area (Å²) in [7, 11) is 3.77. The molecule has 13 atom stereocenters. The zero-order valence-corrected chi connectivity index (χ0v) is 37.9. The minimum Gasteiger partial charge on any atom is -0.458 e. The number of aromatic nitrogens is 4. The van der Waals surface area contributed by atoms with E-state index in [1.165, 1.54) is 6.92 Å². The van der Waals surface area contributed by atoms with Crippen molar-refractivity contribution < 1.29 is 43.2 Å². The van der Waals surface area contributed by atoms with Crippen LogP contribution in [0.5, 0.6) is 0 Å². The number of aliphatic hydroxyl groups excluding tert-OH is 1. The Balaban J connectivity index is 1.20. The second-order valence-corrected chi connectivity index (χ2v) is 18.9. The third kappa shape index (κ3) is 10.3. The van der Waals surface area contributed by atoms with E-state index in [1.54, 1.807) is 27.8 Å². The molecule has 3 fully saturated rings. The van der Waals surface area contributed by atoms with Crippen LogP contribution < -0.4 is 5.32 Å². The molecule has 3 saturated heterocycles. The normalized spacial score (nSPS) is 34.5. The lowest BCUT2D eigenvalue weighted by Gasteiger charge is -2.44. The summed E-state index contributed by atoms with van der Waals surface area (Å²) in [4.78, 5) is 62.8. The molecule has 16 nitrogen and oxygen atoms in total. The fourth-order valence-electron chi connectivity index (χ4n) is 9.58. The Kier molecular flexibility index (Phi) is 15.4. The highest BCUT2D eigenvalue weighted by atomic mass is 32.1. The largest absolute Gasteiger partial charge is 0.458 e. The van der Waals surface area contributed by atoms with Crippen LogP contribution in [0.25, 0.3) is 20.9 Å². The molecular formula is C44H65N7O9S. The molecule has 3 aromatic rings. The van der Waals surface area contributed by atoms with Crippen molar-refractivity contribution in [3.8, 4) is 10.7 Å². The number of aliphatic hydroxyl groups is 1. The number of aldehydes is 1. The summed E-state index contributed by atoms with van der Waals surface area (Å²) >= 11 is 1.57. The number of cyclic esters (lactones) is 1. The van der Waals surface area contributed by atoms with Crippen LogP contribution in [0.4, 0.5) is 4.79 Å². The van der Waals surface area contributed by atoms with E-state index >= 15 is 0 Å². The number of thiazole rings is 1. The number of nitrogens with zero attached hydrogens (tertiary/aromatic N) is 6. The zero-order valence-electron chi connectivity index (χ0n) is 37.1. The van der Waals surface area contributed by atoms with E-state index in [9.17, 15) is 24.3 Å². The standard InChI is InChI=1S/C44H65N7O9S/c1-10-35-44(7)39(51(43(56)60-44)19-14-13-18-50-24-32(47-48-50)40-46-31-15-11-12-16-34(31)61-40)29(6)45-23-25(2)21-30(17-20-52)38(27(4)36(53)28(5)41(55)58-35)59-42-37(54)33(49(8)9)22-26(3)57-42/h11-12,15-16,20,24-30,33,35,37-39,42,45,54H,10,13-14,17-19,21-23H2,1-9H3/t25-,26?,27+,28-,29-,30+,33?,35-,37?,38-,39-,42+,44-/m1/s1. The molecule has 2 N–H and O–H groups in total. The SMILES string of the molecule is CC[C@H]1OC(=O)[C@H](C)C(=O)[C@H](C)[C@@H](O[C@@H]2OC(C)CC(N(C)C)C2O)[C@@H](CC=O)C[C@@H](C)CN[C@H](C)[C@H]2N(CCCCn3cc(-c4nc5ccccc5s4)nn3)C(=O)O[C@]12C. The molecule has 3 unspecified atom stereocenters. The van der Waals surface area contributed by atoms with Gasteiger partial charge in [-0.3, -0.25) is 19.2 Å². The lowest BCUT2D eigenvalue weighted by Crippen LogP contribution is -2.60. The Hall–Kier alpha value is -3.87. The van der Waals surface area contributed by atoms with Gasteiger partial charge in [0, 0.05) is 37.5 Å². The average Bonchev–Trinajstić information content (AvgIpc) is 3.95. The number of hydrogen-bond acceptors (Lipinski definition) is 15. The Labute approximate surface area is 363 Å². The van der Waals surface area contributed by atoms with Crippen LogP contribution in [0.1, 0.15) is 87.0 Å². The number of carbonyl (C=O) groups excluding carboxylic acids is 4. The number of rotatable bonds is 12. The highest BCUT2D eigenvalue weighted by Crippen LogP contribution is 2.39. The summed E-state index contributed by atoms with van der Waals surface area (Å²) in [6, 6.07) is 6.87. The van der Waals surface area contributed by atoms with Gasteiger partial charge in [0.05, 0.1) is 34.7 Å². The predicted octanol–water partition coefficient (Wildman–Crippen LogP) is 5.11. The number of ketones is 1. The quantitative estimate of drug-likeness (QED) is 0.106. The second-order valence-electron chi connectivity index (χ2n) is 17.9. The third-order valence-corrected chi connectivity index (χ3v) is 14.0.